The van der Waals surface area contributed by atoms with Crippen LogP contribution in [-0.4, -0.2) is 26.7 Å². The molecule has 1 aromatic rings. The molecule has 1 rings (SSSR count). The fraction of sp³-hybridized carbons (Fsp3) is 0.364. The van der Waals surface area contributed by atoms with Crippen LogP contribution in [-0.2, 0) is 14.8 Å². The zero-order valence-electron chi connectivity index (χ0n) is 10.3. The molecule has 0 fully saturated rings. The predicted molar refractivity (Wildman–Crippen MR) is 70.1 cm³/mol. The van der Waals surface area contributed by atoms with Gasteiger partial charge in [0.05, 0.1) is 11.7 Å². The molecule has 0 saturated carbocycles. The molecule has 7 heteroatoms. The molecule has 0 amide bonds. The van der Waals surface area contributed by atoms with E-state index in [0.717, 1.165) is 0 Å². The Kier molecular flexibility index (Phi) is 4.78. The van der Waals surface area contributed by atoms with Crippen molar-refractivity contribution in [3.63, 3.8) is 0 Å². The SMILES string of the molecule is CSc1cccc(C(=O)OC(C)C)c1S(N)(=O)=O. The number of ether oxygens (including phenoxy) is 1. The molecule has 0 aliphatic heterocycles. The van der Waals surface area contributed by atoms with Crippen LogP contribution in [0.1, 0.15) is 24.2 Å². The van der Waals surface area contributed by atoms with Gasteiger partial charge in [-0.25, -0.2) is 18.4 Å². The van der Waals surface area contributed by atoms with Gasteiger partial charge in [-0.3, -0.25) is 0 Å². The average Bonchev–Trinajstić information content (AvgIpc) is 2.25. The van der Waals surface area contributed by atoms with Crippen LogP contribution in [0.15, 0.2) is 28.0 Å². The van der Waals surface area contributed by atoms with Crippen LogP contribution in [0.25, 0.3) is 0 Å². The van der Waals surface area contributed by atoms with E-state index in [9.17, 15) is 13.2 Å². The van der Waals surface area contributed by atoms with Gasteiger partial charge < -0.3 is 4.74 Å². The van der Waals surface area contributed by atoms with Gasteiger partial charge in [-0.2, -0.15) is 0 Å². The highest BCUT2D eigenvalue weighted by molar-refractivity contribution is 7.99. The average molecular weight is 289 g/mol. The first-order chi connectivity index (χ1) is 8.27. The van der Waals surface area contributed by atoms with Gasteiger partial charge >= 0.3 is 5.97 Å². The Morgan fingerprint density at radius 3 is 2.44 bits per heavy atom. The number of sulfonamides is 1. The molecule has 0 aliphatic carbocycles. The van der Waals surface area contributed by atoms with Crippen molar-refractivity contribution < 1.29 is 17.9 Å². The summed E-state index contributed by atoms with van der Waals surface area (Å²) in [6.45, 7) is 3.37. The number of primary sulfonamides is 1. The highest BCUT2D eigenvalue weighted by Gasteiger charge is 2.24. The number of hydrogen-bond donors (Lipinski definition) is 1. The molecule has 1 aromatic carbocycles. The number of carbonyl (C=O) groups excluding carboxylic acids is 1. The fourth-order valence-electron chi connectivity index (χ4n) is 1.41. The minimum atomic E-state index is -3.98. The Balaban J connectivity index is 3.41. The van der Waals surface area contributed by atoms with E-state index in [4.69, 9.17) is 9.88 Å². The van der Waals surface area contributed by atoms with Crippen molar-refractivity contribution in [2.24, 2.45) is 5.14 Å². The van der Waals surface area contributed by atoms with Gasteiger partial charge in [-0.1, -0.05) is 6.07 Å². The van der Waals surface area contributed by atoms with Gasteiger partial charge in [0.1, 0.15) is 4.90 Å². The summed E-state index contributed by atoms with van der Waals surface area (Å²) in [5.41, 5.74) is -0.0296. The van der Waals surface area contributed by atoms with Crippen LogP contribution in [0.3, 0.4) is 0 Å². The van der Waals surface area contributed by atoms with Crippen molar-refractivity contribution >= 4 is 27.8 Å². The zero-order valence-corrected chi connectivity index (χ0v) is 12.0. The third-order valence-electron chi connectivity index (χ3n) is 2.05. The monoisotopic (exact) mass is 289 g/mol. The molecule has 0 atom stereocenters. The molecule has 18 heavy (non-hydrogen) atoms. The lowest BCUT2D eigenvalue weighted by Gasteiger charge is -2.12. The highest BCUT2D eigenvalue weighted by atomic mass is 32.2. The molecule has 100 valence electrons. The lowest BCUT2D eigenvalue weighted by atomic mass is 10.2. The van der Waals surface area contributed by atoms with E-state index in [1.165, 1.54) is 17.8 Å². The van der Waals surface area contributed by atoms with Gasteiger partial charge in [-0.05, 0) is 32.2 Å². The number of carbonyl (C=O) groups is 1. The van der Waals surface area contributed by atoms with Gasteiger partial charge in [-0.15, -0.1) is 11.8 Å². The molecule has 0 aliphatic rings. The standard InChI is InChI=1S/C11H15NO4S2/c1-7(2)16-11(13)8-5-4-6-9(17-3)10(8)18(12,14)15/h4-7H,1-3H3,(H2,12,14,15). The van der Waals surface area contributed by atoms with E-state index >= 15 is 0 Å². The molecule has 0 aromatic heterocycles. The second-order valence-electron chi connectivity index (χ2n) is 3.84. The van der Waals surface area contributed by atoms with Crippen molar-refractivity contribution in [2.75, 3.05) is 6.26 Å². The Morgan fingerprint density at radius 1 is 1.39 bits per heavy atom. The van der Waals surface area contributed by atoms with Crippen molar-refractivity contribution in [1.82, 2.24) is 0 Å². The normalized spacial score (nSPS) is 11.6. The minimum absolute atomic E-state index is 0.0296. The van der Waals surface area contributed by atoms with Crippen LogP contribution >= 0.6 is 11.8 Å². The molecule has 5 nitrogen and oxygen atoms in total. The molecule has 0 spiro atoms. The third-order valence-corrected chi connectivity index (χ3v) is 3.96. The summed E-state index contributed by atoms with van der Waals surface area (Å²) in [6.07, 6.45) is 1.38. The van der Waals surface area contributed by atoms with Crippen molar-refractivity contribution in [2.45, 2.75) is 29.7 Å². The molecule has 0 bridgehead atoms. The molecule has 0 heterocycles. The first-order valence-corrected chi connectivity index (χ1v) is 7.95. The second kappa shape index (κ2) is 5.73. The lowest BCUT2D eigenvalue weighted by molar-refractivity contribution is 0.0372. The maximum absolute atomic E-state index is 11.8. The molecule has 2 N–H and O–H groups in total. The summed E-state index contributed by atoms with van der Waals surface area (Å²) in [5, 5.41) is 5.15. The largest absolute Gasteiger partial charge is 0.459 e. The summed E-state index contributed by atoms with van der Waals surface area (Å²) < 4.78 is 28.2. The number of nitrogens with two attached hydrogens (primary N) is 1. The van der Waals surface area contributed by atoms with Crippen LogP contribution in [0.4, 0.5) is 0 Å². The van der Waals surface area contributed by atoms with Crippen molar-refractivity contribution in [3.8, 4) is 0 Å². The minimum Gasteiger partial charge on any atom is -0.459 e. The number of rotatable bonds is 4. The molecule has 0 unspecified atom stereocenters. The summed E-state index contributed by atoms with van der Waals surface area (Å²) in [7, 11) is -3.98. The van der Waals surface area contributed by atoms with E-state index < -0.39 is 16.0 Å². The summed E-state index contributed by atoms with van der Waals surface area (Å²) in [5.74, 6) is -0.690. The smallest absolute Gasteiger partial charge is 0.339 e. The van der Waals surface area contributed by atoms with Gasteiger partial charge in [0, 0.05) is 4.90 Å². The number of hydrogen-bond acceptors (Lipinski definition) is 5. The Hall–Kier alpha value is -1.05. The Bertz CT molecular complexity index is 552. The van der Waals surface area contributed by atoms with E-state index in [2.05, 4.69) is 0 Å². The molecular weight excluding hydrogens is 274 g/mol. The van der Waals surface area contributed by atoms with Crippen molar-refractivity contribution in [1.29, 1.82) is 0 Å². The molecule has 0 radical (unpaired) electrons. The molecular formula is C11H15NO4S2. The first-order valence-electron chi connectivity index (χ1n) is 5.18. The molecule has 0 saturated heterocycles. The topological polar surface area (TPSA) is 86.5 Å². The highest BCUT2D eigenvalue weighted by Crippen LogP contribution is 2.27. The first kappa shape index (κ1) is 15.0. The van der Waals surface area contributed by atoms with Gasteiger partial charge in [0.2, 0.25) is 10.0 Å². The number of esters is 1. The Labute approximate surface area is 111 Å². The van der Waals surface area contributed by atoms with E-state index in [1.807, 2.05) is 0 Å². The van der Waals surface area contributed by atoms with Gasteiger partial charge in [0.25, 0.3) is 0 Å². The summed E-state index contributed by atoms with van der Waals surface area (Å²) in [6, 6.07) is 4.58. The van der Waals surface area contributed by atoms with Crippen LogP contribution < -0.4 is 5.14 Å². The predicted octanol–water partition coefficient (Wildman–Crippen LogP) is 1.62. The van der Waals surface area contributed by atoms with Gasteiger partial charge in [0.15, 0.2) is 0 Å². The second-order valence-corrected chi connectivity index (χ2v) is 6.18. The third kappa shape index (κ3) is 3.47. The zero-order chi connectivity index (χ0) is 13.9. The van der Waals surface area contributed by atoms with Crippen LogP contribution in [0, 0.1) is 0 Å². The number of benzene rings is 1. The van der Waals surface area contributed by atoms with Crippen molar-refractivity contribution in [3.05, 3.63) is 23.8 Å². The Morgan fingerprint density at radius 2 is 2.00 bits per heavy atom. The van der Waals surface area contributed by atoms with Crippen LogP contribution in [0.5, 0.6) is 0 Å². The maximum Gasteiger partial charge on any atom is 0.339 e. The lowest BCUT2D eigenvalue weighted by Crippen LogP contribution is -2.20. The summed E-state index contributed by atoms with van der Waals surface area (Å²) in [4.78, 5) is 12.1. The van der Waals surface area contributed by atoms with E-state index in [1.54, 1.807) is 32.2 Å². The maximum atomic E-state index is 11.8. The quantitative estimate of drug-likeness (QED) is 0.672. The van der Waals surface area contributed by atoms with E-state index in [0.29, 0.717) is 4.90 Å². The van der Waals surface area contributed by atoms with E-state index in [-0.39, 0.29) is 16.6 Å². The number of thioether (sulfide) groups is 1. The summed E-state index contributed by atoms with van der Waals surface area (Å²) >= 11 is 1.21. The van der Waals surface area contributed by atoms with Crippen LogP contribution in [0.2, 0.25) is 0 Å². The fourth-order valence-corrected chi connectivity index (χ4v) is 3.32.